The van der Waals surface area contributed by atoms with Gasteiger partial charge in [-0.3, -0.25) is 4.99 Å². The van der Waals surface area contributed by atoms with Gasteiger partial charge >= 0.3 is 0 Å². The quantitative estimate of drug-likeness (QED) is 0.338. The predicted molar refractivity (Wildman–Crippen MR) is 97.9 cm³/mol. The van der Waals surface area contributed by atoms with Crippen molar-refractivity contribution in [2.75, 3.05) is 43.9 Å². The van der Waals surface area contributed by atoms with Crippen LogP contribution in [0.15, 0.2) is 4.99 Å². The number of nitrogens with one attached hydrogen (secondary N) is 1. The highest BCUT2D eigenvalue weighted by Crippen LogP contribution is 2.29. The zero-order chi connectivity index (χ0) is 12.7. The molecule has 1 heterocycles. The molecule has 0 atom stereocenters. The smallest absolute Gasteiger partial charge is 0.194 e. The molecule has 3 nitrogen and oxygen atoms in total. The molecule has 0 aliphatic carbocycles. The van der Waals surface area contributed by atoms with E-state index in [0.717, 1.165) is 37.9 Å². The van der Waals surface area contributed by atoms with Crippen LogP contribution >= 0.6 is 47.5 Å². The molecule has 1 N–H and O–H groups in total. The van der Waals surface area contributed by atoms with Gasteiger partial charge in [0.25, 0.3) is 0 Å². The summed E-state index contributed by atoms with van der Waals surface area (Å²) in [6.45, 7) is 10.8. The number of halogens is 1. The molecule has 0 amide bonds. The second-order valence-electron chi connectivity index (χ2n) is 4.76. The molecule has 1 fully saturated rings. The predicted octanol–water partition coefficient (Wildman–Crippen LogP) is 2.76. The zero-order valence-corrected chi connectivity index (χ0v) is 15.8. The van der Waals surface area contributed by atoms with Crippen molar-refractivity contribution < 1.29 is 0 Å². The van der Waals surface area contributed by atoms with Gasteiger partial charge in [-0.1, -0.05) is 0 Å². The minimum Gasteiger partial charge on any atom is -0.357 e. The Morgan fingerprint density at radius 2 is 2.22 bits per heavy atom. The third kappa shape index (κ3) is 6.75. The third-order valence-electron chi connectivity index (χ3n) is 2.62. The number of hydrogen-bond acceptors (Lipinski definition) is 3. The van der Waals surface area contributed by atoms with Crippen molar-refractivity contribution in [1.82, 2.24) is 10.2 Å². The summed E-state index contributed by atoms with van der Waals surface area (Å²) >= 11 is 3.91. The fourth-order valence-electron chi connectivity index (χ4n) is 1.87. The van der Waals surface area contributed by atoms with Crippen molar-refractivity contribution in [3.8, 4) is 0 Å². The van der Waals surface area contributed by atoms with Gasteiger partial charge in [0.05, 0.1) is 6.54 Å². The largest absolute Gasteiger partial charge is 0.357 e. The number of nitrogens with zero attached hydrogens (tertiary/aromatic N) is 2. The first-order chi connectivity index (χ1) is 8.09. The van der Waals surface area contributed by atoms with Crippen LogP contribution in [0.5, 0.6) is 0 Å². The maximum Gasteiger partial charge on any atom is 0.194 e. The van der Waals surface area contributed by atoms with Crippen molar-refractivity contribution in [1.29, 1.82) is 0 Å². The van der Waals surface area contributed by atoms with E-state index >= 15 is 0 Å². The number of hydrogen-bond donors (Lipinski definition) is 1. The Kier molecular flexibility index (Phi) is 9.95. The van der Waals surface area contributed by atoms with E-state index in [1.54, 1.807) is 0 Å². The number of guanidine groups is 1. The molecule has 1 rings (SSSR count). The van der Waals surface area contributed by atoms with Crippen LogP contribution in [0.1, 0.15) is 20.8 Å². The van der Waals surface area contributed by atoms with Crippen molar-refractivity contribution in [2.45, 2.75) is 25.5 Å². The molecule has 18 heavy (non-hydrogen) atoms. The first-order valence-electron chi connectivity index (χ1n) is 6.25. The molecule has 1 aliphatic rings. The van der Waals surface area contributed by atoms with E-state index in [9.17, 15) is 0 Å². The summed E-state index contributed by atoms with van der Waals surface area (Å²) < 4.78 is 0.341. The summed E-state index contributed by atoms with van der Waals surface area (Å²) in [7, 11) is 0. The molecule has 0 saturated carbocycles. The standard InChI is InChI=1S/C12H25N3S2.HI/c1-5-13-11(14-6-8-16-4)15-7-9-17-12(2,3)10-15;/h5-10H2,1-4H3,(H,13,14);1H. The fraction of sp³-hybridized carbons (Fsp3) is 0.917. The first kappa shape index (κ1) is 18.7. The minimum atomic E-state index is 0. The zero-order valence-electron chi connectivity index (χ0n) is 11.9. The lowest BCUT2D eigenvalue weighted by Gasteiger charge is -2.39. The average Bonchev–Trinajstić information content (AvgIpc) is 2.27. The fourth-order valence-corrected chi connectivity index (χ4v) is 3.25. The second kappa shape index (κ2) is 9.58. The highest BCUT2D eigenvalue weighted by molar-refractivity contribution is 14.0. The molecular formula is C12H26IN3S2. The topological polar surface area (TPSA) is 27.6 Å². The maximum absolute atomic E-state index is 4.69. The summed E-state index contributed by atoms with van der Waals surface area (Å²) in [6.07, 6.45) is 2.13. The Bertz CT molecular complexity index is 260. The monoisotopic (exact) mass is 403 g/mol. The number of rotatable bonds is 4. The third-order valence-corrected chi connectivity index (χ3v) is 4.51. The van der Waals surface area contributed by atoms with Crippen LogP contribution in [-0.2, 0) is 0 Å². The molecule has 6 heteroatoms. The van der Waals surface area contributed by atoms with Gasteiger partial charge in [-0.25, -0.2) is 0 Å². The van der Waals surface area contributed by atoms with Crippen LogP contribution in [-0.4, -0.2) is 59.5 Å². The maximum atomic E-state index is 4.69. The lowest BCUT2D eigenvalue weighted by molar-refractivity contribution is 0.376. The van der Waals surface area contributed by atoms with Gasteiger partial charge < -0.3 is 10.2 Å². The molecule has 0 unspecified atom stereocenters. The van der Waals surface area contributed by atoms with Gasteiger partial charge in [0.2, 0.25) is 0 Å². The van der Waals surface area contributed by atoms with Gasteiger partial charge in [0.1, 0.15) is 0 Å². The molecular weight excluding hydrogens is 377 g/mol. The summed E-state index contributed by atoms with van der Waals surface area (Å²) in [4.78, 5) is 7.10. The summed E-state index contributed by atoms with van der Waals surface area (Å²) in [5, 5.41) is 3.41. The van der Waals surface area contributed by atoms with E-state index in [2.05, 4.69) is 49.0 Å². The molecule has 0 spiro atoms. The van der Waals surface area contributed by atoms with Gasteiger partial charge in [-0.2, -0.15) is 23.5 Å². The Labute approximate surface area is 137 Å². The Morgan fingerprint density at radius 3 is 2.78 bits per heavy atom. The van der Waals surface area contributed by atoms with Crippen molar-refractivity contribution >= 4 is 53.5 Å². The van der Waals surface area contributed by atoms with Crippen LogP contribution in [0.2, 0.25) is 0 Å². The van der Waals surface area contributed by atoms with Crippen molar-refractivity contribution in [3.05, 3.63) is 0 Å². The normalized spacial score (nSPS) is 19.3. The van der Waals surface area contributed by atoms with E-state index in [1.807, 2.05) is 11.8 Å². The highest BCUT2D eigenvalue weighted by Gasteiger charge is 2.28. The molecule has 0 aromatic rings. The van der Waals surface area contributed by atoms with E-state index in [1.165, 1.54) is 5.75 Å². The van der Waals surface area contributed by atoms with Crippen LogP contribution in [0.25, 0.3) is 0 Å². The highest BCUT2D eigenvalue weighted by atomic mass is 127. The van der Waals surface area contributed by atoms with E-state index in [-0.39, 0.29) is 24.0 Å². The van der Waals surface area contributed by atoms with E-state index in [0.29, 0.717) is 4.75 Å². The molecule has 0 aromatic carbocycles. The summed E-state index contributed by atoms with van der Waals surface area (Å²) in [6, 6.07) is 0. The van der Waals surface area contributed by atoms with Crippen LogP contribution in [0.3, 0.4) is 0 Å². The molecule has 0 radical (unpaired) electrons. The minimum absolute atomic E-state index is 0. The molecule has 0 bridgehead atoms. The van der Waals surface area contributed by atoms with Crippen LogP contribution in [0.4, 0.5) is 0 Å². The molecule has 0 aromatic heterocycles. The summed E-state index contributed by atoms with van der Waals surface area (Å²) in [5.74, 6) is 3.39. The van der Waals surface area contributed by atoms with Crippen LogP contribution in [0, 0.1) is 0 Å². The first-order valence-corrected chi connectivity index (χ1v) is 8.63. The molecule has 108 valence electrons. The molecule has 1 aliphatic heterocycles. The van der Waals surface area contributed by atoms with Gasteiger partial charge in [0, 0.05) is 35.9 Å². The lowest BCUT2D eigenvalue weighted by atomic mass is 10.2. The van der Waals surface area contributed by atoms with Crippen molar-refractivity contribution in [3.63, 3.8) is 0 Å². The van der Waals surface area contributed by atoms with Crippen LogP contribution < -0.4 is 5.32 Å². The van der Waals surface area contributed by atoms with Gasteiger partial charge in [0.15, 0.2) is 5.96 Å². The average molecular weight is 403 g/mol. The second-order valence-corrected chi connectivity index (χ2v) is 7.55. The lowest BCUT2D eigenvalue weighted by Crippen LogP contribution is -2.51. The van der Waals surface area contributed by atoms with E-state index in [4.69, 9.17) is 4.99 Å². The number of aliphatic imine (C=N–C) groups is 1. The van der Waals surface area contributed by atoms with Gasteiger partial charge in [-0.05, 0) is 27.0 Å². The Morgan fingerprint density at radius 1 is 1.50 bits per heavy atom. The Hall–Kier alpha value is 0.700. The van der Waals surface area contributed by atoms with E-state index < -0.39 is 0 Å². The summed E-state index contributed by atoms with van der Waals surface area (Å²) in [5.41, 5.74) is 0. The number of thioether (sulfide) groups is 2. The van der Waals surface area contributed by atoms with Crippen molar-refractivity contribution in [2.24, 2.45) is 4.99 Å². The molecule has 1 saturated heterocycles. The van der Waals surface area contributed by atoms with Gasteiger partial charge in [-0.15, -0.1) is 24.0 Å². The Balaban J connectivity index is 0.00000289. The SMILES string of the molecule is CCNC(=NCCSC)N1CCSC(C)(C)C1.I.